The first-order chi connectivity index (χ1) is 11.1. The molecule has 5 heteroatoms. The lowest BCUT2D eigenvalue weighted by molar-refractivity contribution is -0.124. The predicted octanol–water partition coefficient (Wildman–Crippen LogP) is 2.35. The van der Waals surface area contributed by atoms with Crippen LogP contribution in [0.15, 0.2) is 36.4 Å². The molecule has 1 saturated heterocycles. The van der Waals surface area contributed by atoms with Crippen molar-refractivity contribution in [2.24, 2.45) is 23.7 Å². The maximum atomic E-state index is 12.8. The molecule has 3 aliphatic carbocycles. The van der Waals surface area contributed by atoms with E-state index in [2.05, 4.69) is 17.5 Å². The number of allylic oxidation sites excluding steroid dienone is 2. The zero-order valence-corrected chi connectivity index (χ0v) is 12.9. The highest BCUT2D eigenvalue weighted by Gasteiger charge is 2.56. The minimum Gasteiger partial charge on any atom is -0.326 e. The molecular formula is C18H18N2O3. The van der Waals surface area contributed by atoms with Gasteiger partial charge in [0, 0.05) is 12.6 Å². The lowest BCUT2D eigenvalue weighted by Gasteiger charge is -2.38. The van der Waals surface area contributed by atoms with Gasteiger partial charge in [0.15, 0.2) is 0 Å². The number of anilines is 2. The molecule has 2 fully saturated rings. The average Bonchev–Trinajstić information content (AvgIpc) is 2.83. The number of rotatable bonds is 2. The lowest BCUT2D eigenvalue weighted by atomic mass is 9.63. The Morgan fingerprint density at radius 2 is 1.52 bits per heavy atom. The summed E-state index contributed by atoms with van der Waals surface area (Å²) in [6.07, 6.45) is 6.22. The molecule has 118 valence electrons. The van der Waals surface area contributed by atoms with E-state index >= 15 is 0 Å². The first kappa shape index (κ1) is 14.2. The van der Waals surface area contributed by atoms with E-state index < -0.39 is 0 Å². The van der Waals surface area contributed by atoms with Crippen LogP contribution in [0.3, 0.4) is 0 Å². The smallest absolute Gasteiger partial charge is 0.238 e. The molecule has 23 heavy (non-hydrogen) atoms. The standard InChI is InChI=1S/C18H18N2O3/c1-10(21)19-13-6-8-14(9-7-13)20-17(22)15-11-2-3-12(5-4-11)16(15)18(20)23/h2-3,6-9,11-12,15-16H,4-5H2,1H3,(H,19,21)/t11-,12-,15-,16+/m1/s1. The van der Waals surface area contributed by atoms with Gasteiger partial charge in [-0.15, -0.1) is 0 Å². The molecule has 1 N–H and O–H groups in total. The minimum absolute atomic E-state index is 0.0775. The fraction of sp³-hybridized carbons (Fsp3) is 0.389. The third kappa shape index (κ3) is 2.11. The van der Waals surface area contributed by atoms with Crippen LogP contribution in [-0.2, 0) is 14.4 Å². The summed E-state index contributed by atoms with van der Waals surface area (Å²) in [6.45, 7) is 1.44. The van der Waals surface area contributed by atoms with Crippen LogP contribution in [0.4, 0.5) is 11.4 Å². The van der Waals surface area contributed by atoms with E-state index in [0.717, 1.165) is 12.8 Å². The van der Waals surface area contributed by atoms with Gasteiger partial charge in [0.05, 0.1) is 17.5 Å². The summed E-state index contributed by atoms with van der Waals surface area (Å²) < 4.78 is 0. The molecule has 0 unspecified atom stereocenters. The molecule has 0 radical (unpaired) electrons. The Bertz CT molecular complexity index is 690. The Morgan fingerprint density at radius 1 is 1.00 bits per heavy atom. The van der Waals surface area contributed by atoms with E-state index in [1.54, 1.807) is 24.3 Å². The maximum Gasteiger partial charge on any atom is 0.238 e. The Hall–Kier alpha value is -2.43. The van der Waals surface area contributed by atoms with E-state index in [9.17, 15) is 14.4 Å². The van der Waals surface area contributed by atoms with Crippen molar-refractivity contribution in [1.29, 1.82) is 0 Å². The molecule has 1 aliphatic heterocycles. The summed E-state index contributed by atoms with van der Waals surface area (Å²) in [5.74, 6) is -0.296. The zero-order chi connectivity index (χ0) is 16.1. The van der Waals surface area contributed by atoms with Gasteiger partial charge in [-0.25, -0.2) is 0 Å². The van der Waals surface area contributed by atoms with Crippen molar-refractivity contribution in [3.8, 4) is 0 Å². The number of carbonyl (C=O) groups is 3. The van der Waals surface area contributed by atoms with Gasteiger partial charge in [0.25, 0.3) is 0 Å². The van der Waals surface area contributed by atoms with Crippen LogP contribution >= 0.6 is 0 Å². The summed E-state index contributed by atoms with van der Waals surface area (Å²) in [5.41, 5.74) is 1.24. The van der Waals surface area contributed by atoms with Crippen LogP contribution in [0.25, 0.3) is 0 Å². The van der Waals surface area contributed by atoms with Crippen LogP contribution in [0, 0.1) is 23.7 Å². The van der Waals surface area contributed by atoms with Crippen molar-refractivity contribution in [1.82, 2.24) is 0 Å². The second-order valence-electron chi connectivity index (χ2n) is 6.58. The molecule has 1 saturated carbocycles. The lowest BCUT2D eigenvalue weighted by Crippen LogP contribution is -2.38. The van der Waals surface area contributed by atoms with Gasteiger partial charge in [-0.1, -0.05) is 12.2 Å². The van der Waals surface area contributed by atoms with E-state index in [1.807, 2.05) is 0 Å². The molecule has 4 aliphatic rings. The van der Waals surface area contributed by atoms with Gasteiger partial charge in [-0.05, 0) is 48.9 Å². The molecule has 0 spiro atoms. The Morgan fingerprint density at radius 3 is 1.96 bits per heavy atom. The average molecular weight is 310 g/mol. The fourth-order valence-corrected chi connectivity index (χ4v) is 4.23. The second kappa shape index (κ2) is 5.05. The molecule has 4 atom stereocenters. The Kier molecular flexibility index (Phi) is 3.11. The van der Waals surface area contributed by atoms with E-state index in [-0.39, 0.29) is 41.4 Å². The summed E-state index contributed by atoms with van der Waals surface area (Å²) in [5, 5.41) is 2.68. The number of carbonyl (C=O) groups excluding carboxylic acids is 3. The fourth-order valence-electron chi connectivity index (χ4n) is 4.23. The van der Waals surface area contributed by atoms with E-state index in [1.165, 1.54) is 11.8 Å². The Labute approximate surface area is 134 Å². The van der Waals surface area contributed by atoms with Crippen LogP contribution in [0.1, 0.15) is 19.8 Å². The largest absolute Gasteiger partial charge is 0.326 e. The SMILES string of the molecule is CC(=O)Nc1ccc(N2C(=O)[C@@H]3[C@H](C2=O)[C@@H]2C=C[C@@H]3CC2)cc1. The van der Waals surface area contributed by atoms with Crippen molar-refractivity contribution >= 4 is 29.1 Å². The monoisotopic (exact) mass is 310 g/mol. The quantitative estimate of drug-likeness (QED) is 0.673. The number of benzene rings is 1. The molecule has 5 nitrogen and oxygen atoms in total. The highest BCUT2D eigenvalue weighted by atomic mass is 16.2. The normalized spacial score (nSPS) is 31.4. The third-order valence-corrected chi connectivity index (χ3v) is 5.21. The van der Waals surface area contributed by atoms with Crippen molar-refractivity contribution in [3.05, 3.63) is 36.4 Å². The molecule has 1 aromatic carbocycles. The number of nitrogens with one attached hydrogen (secondary N) is 1. The van der Waals surface area contributed by atoms with Crippen molar-refractivity contribution in [2.75, 3.05) is 10.2 Å². The summed E-state index contributed by atoms with van der Waals surface area (Å²) in [4.78, 5) is 38.0. The second-order valence-corrected chi connectivity index (χ2v) is 6.58. The zero-order valence-electron chi connectivity index (χ0n) is 12.9. The molecule has 1 heterocycles. The van der Waals surface area contributed by atoms with Crippen LogP contribution < -0.4 is 10.2 Å². The minimum atomic E-state index is -0.193. The number of amides is 3. The third-order valence-electron chi connectivity index (χ3n) is 5.21. The Balaban J connectivity index is 1.64. The summed E-state index contributed by atoms with van der Waals surface area (Å²) in [6, 6.07) is 6.86. The number of fused-ring (bicyclic) bond motifs is 1. The van der Waals surface area contributed by atoms with Crippen LogP contribution in [0.2, 0.25) is 0 Å². The molecule has 0 aromatic heterocycles. The highest BCUT2D eigenvalue weighted by molar-refractivity contribution is 6.22. The summed E-state index contributed by atoms with van der Waals surface area (Å²) >= 11 is 0. The topological polar surface area (TPSA) is 66.5 Å². The number of nitrogens with zero attached hydrogens (tertiary/aromatic N) is 1. The molecule has 2 bridgehead atoms. The van der Waals surface area contributed by atoms with E-state index in [0.29, 0.717) is 11.4 Å². The van der Waals surface area contributed by atoms with Gasteiger partial charge in [-0.3, -0.25) is 19.3 Å². The van der Waals surface area contributed by atoms with Crippen molar-refractivity contribution in [3.63, 3.8) is 0 Å². The van der Waals surface area contributed by atoms with Crippen LogP contribution in [-0.4, -0.2) is 17.7 Å². The van der Waals surface area contributed by atoms with Crippen molar-refractivity contribution < 1.29 is 14.4 Å². The van der Waals surface area contributed by atoms with Gasteiger partial charge < -0.3 is 5.32 Å². The van der Waals surface area contributed by atoms with Gasteiger partial charge >= 0.3 is 0 Å². The number of hydrogen-bond donors (Lipinski definition) is 1. The van der Waals surface area contributed by atoms with Gasteiger partial charge in [0.2, 0.25) is 17.7 Å². The molecule has 3 amide bonds. The summed E-state index contributed by atoms with van der Waals surface area (Å²) in [7, 11) is 0. The van der Waals surface area contributed by atoms with E-state index in [4.69, 9.17) is 0 Å². The first-order valence-corrected chi connectivity index (χ1v) is 8.00. The number of imide groups is 1. The highest BCUT2D eigenvalue weighted by Crippen LogP contribution is 2.50. The number of hydrogen-bond acceptors (Lipinski definition) is 3. The molecule has 5 rings (SSSR count). The predicted molar refractivity (Wildman–Crippen MR) is 85.6 cm³/mol. The van der Waals surface area contributed by atoms with Crippen LogP contribution in [0.5, 0.6) is 0 Å². The maximum absolute atomic E-state index is 12.8. The van der Waals surface area contributed by atoms with Gasteiger partial charge in [-0.2, -0.15) is 0 Å². The molecular weight excluding hydrogens is 292 g/mol. The first-order valence-electron chi connectivity index (χ1n) is 8.00. The molecule has 1 aromatic rings. The van der Waals surface area contributed by atoms with Crippen molar-refractivity contribution in [2.45, 2.75) is 19.8 Å². The van der Waals surface area contributed by atoms with Gasteiger partial charge in [0.1, 0.15) is 0 Å².